The number of hydrogen-bond acceptors (Lipinski definition) is 1. The van der Waals surface area contributed by atoms with Crippen molar-refractivity contribution in [2.75, 3.05) is 6.61 Å². The molecular weight excluding hydrogens is 148 g/mol. The molecule has 0 saturated carbocycles. The second-order valence-corrected chi connectivity index (χ2v) is 5.39. The van der Waals surface area contributed by atoms with Crippen LogP contribution in [-0.4, -0.2) is 11.7 Å². The van der Waals surface area contributed by atoms with Crippen LogP contribution in [0.1, 0.15) is 48.0 Å². The molecule has 1 atom stereocenters. The van der Waals surface area contributed by atoms with Gasteiger partial charge >= 0.3 is 0 Å². The molecular formula is C11H24O. The normalized spacial score (nSPS) is 16.2. The van der Waals surface area contributed by atoms with Crippen LogP contribution in [0.4, 0.5) is 0 Å². The van der Waals surface area contributed by atoms with Crippen LogP contribution < -0.4 is 0 Å². The highest BCUT2D eigenvalue weighted by molar-refractivity contribution is 4.86. The molecule has 1 heteroatoms. The molecule has 0 aromatic heterocycles. The summed E-state index contributed by atoms with van der Waals surface area (Å²) in [4.78, 5) is 0. The Kier molecular flexibility index (Phi) is 3.77. The molecule has 0 radical (unpaired) electrons. The number of aliphatic hydroxyl groups excluding tert-OH is 1. The molecule has 0 aliphatic rings. The van der Waals surface area contributed by atoms with Gasteiger partial charge in [0, 0.05) is 6.61 Å². The van der Waals surface area contributed by atoms with Gasteiger partial charge in [0.1, 0.15) is 0 Å². The summed E-state index contributed by atoms with van der Waals surface area (Å²) in [5, 5.41) is 8.87. The van der Waals surface area contributed by atoms with Crippen molar-refractivity contribution < 1.29 is 5.11 Å². The van der Waals surface area contributed by atoms with E-state index in [9.17, 15) is 0 Å². The maximum Gasteiger partial charge on any atom is 0.0433 e. The fourth-order valence-electron chi connectivity index (χ4n) is 1.29. The highest BCUT2D eigenvalue weighted by atomic mass is 16.3. The Hall–Kier alpha value is -0.0400. The first-order valence-corrected chi connectivity index (χ1v) is 4.84. The fourth-order valence-corrected chi connectivity index (χ4v) is 1.29. The van der Waals surface area contributed by atoms with E-state index in [-0.39, 0.29) is 5.41 Å². The first kappa shape index (κ1) is 12.0. The van der Waals surface area contributed by atoms with Crippen LogP contribution >= 0.6 is 0 Å². The summed E-state index contributed by atoms with van der Waals surface area (Å²) < 4.78 is 0. The van der Waals surface area contributed by atoms with E-state index in [1.54, 1.807) is 0 Å². The number of hydrogen-bond donors (Lipinski definition) is 1. The van der Waals surface area contributed by atoms with Gasteiger partial charge in [0.05, 0.1) is 0 Å². The minimum Gasteiger partial charge on any atom is -0.396 e. The minimum absolute atomic E-state index is 0.287. The second-order valence-electron chi connectivity index (χ2n) is 5.39. The van der Waals surface area contributed by atoms with Crippen LogP contribution in [0, 0.1) is 16.7 Å². The molecule has 1 unspecified atom stereocenters. The molecule has 0 aliphatic carbocycles. The lowest BCUT2D eigenvalue weighted by molar-refractivity contribution is 0.0492. The lowest BCUT2D eigenvalue weighted by Crippen LogP contribution is -2.36. The molecule has 0 saturated heterocycles. The summed E-state index contributed by atoms with van der Waals surface area (Å²) in [5.74, 6) is 0.572. The van der Waals surface area contributed by atoms with Gasteiger partial charge in [-0.3, -0.25) is 0 Å². The highest BCUT2D eigenvalue weighted by Crippen LogP contribution is 2.44. The third kappa shape index (κ3) is 2.48. The van der Waals surface area contributed by atoms with Gasteiger partial charge in [-0.05, 0) is 23.2 Å². The van der Waals surface area contributed by atoms with E-state index in [1.807, 2.05) is 0 Å². The fraction of sp³-hybridized carbons (Fsp3) is 1.00. The van der Waals surface area contributed by atoms with Gasteiger partial charge in [-0.25, -0.2) is 0 Å². The third-order valence-electron chi connectivity index (χ3n) is 3.73. The van der Waals surface area contributed by atoms with Crippen molar-refractivity contribution >= 4 is 0 Å². The van der Waals surface area contributed by atoms with Gasteiger partial charge in [0.2, 0.25) is 0 Å². The topological polar surface area (TPSA) is 20.2 Å². The maximum absolute atomic E-state index is 8.87. The molecule has 0 bridgehead atoms. The van der Waals surface area contributed by atoms with E-state index in [0.717, 1.165) is 6.42 Å². The Morgan fingerprint density at radius 2 is 1.50 bits per heavy atom. The zero-order chi connectivity index (χ0) is 9.99. The van der Waals surface area contributed by atoms with Crippen molar-refractivity contribution in [2.45, 2.75) is 48.0 Å². The van der Waals surface area contributed by atoms with Crippen molar-refractivity contribution in [3.8, 4) is 0 Å². The molecule has 0 aromatic carbocycles. The second kappa shape index (κ2) is 3.78. The van der Waals surface area contributed by atoms with E-state index < -0.39 is 0 Å². The summed E-state index contributed by atoms with van der Waals surface area (Å²) in [6.07, 6.45) is 0.907. The van der Waals surface area contributed by atoms with Crippen LogP contribution in [-0.2, 0) is 0 Å². The van der Waals surface area contributed by atoms with Gasteiger partial charge in [-0.1, -0.05) is 41.5 Å². The monoisotopic (exact) mass is 172 g/mol. The average Bonchev–Trinajstić information content (AvgIpc) is 1.85. The van der Waals surface area contributed by atoms with Gasteiger partial charge in [-0.2, -0.15) is 0 Å². The van der Waals surface area contributed by atoms with E-state index in [0.29, 0.717) is 17.9 Å². The Labute approximate surface area is 77.2 Å². The number of aliphatic hydroxyl groups is 1. The lowest BCUT2D eigenvalue weighted by Gasteiger charge is -2.43. The smallest absolute Gasteiger partial charge is 0.0433 e. The summed E-state index contributed by atoms with van der Waals surface area (Å²) in [5.41, 5.74) is 0.595. The minimum atomic E-state index is 0.287. The molecule has 0 fully saturated rings. The summed E-state index contributed by atoms with van der Waals surface area (Å²) >= 11 is 0. The van der Waals surface area contributed by atoms with Crippen LogP contribution in [0.25, 0.3) is 0 Å². The van der Waals surface area contributed by atoms with E-state index in [1.165, 1.54) is 0 Å². The first-order chi connectivity index (χ1) is 5.23. The molecule has 74 valence electrons. The van der Waals surface area contributed by atoms with E-state index in [4.69, 9.17) is 5.11 Å². The van der Waals surface area contributed by atoms with Crippen molar-refractivity contribution in [2.24, 2.45) is 16.7 Å². The van der Waals surface area contributed by atoms with E-state index in [2.05, 4.69) is 41.5 Å². The quantitative estimate of drug-likeness (QED) is 0.693. The molecule has 1 N–H and O–H groups in total. The van der Waals surface area contributed by atoms with Gasteiger partial charge in [-0.15, -0.1) is 0 Å². The molecule has 0 heterocycles. The van der Waals surface area contributed by atoms with E-state index >= 15 is 0 Å². The molecule has 12 heavy (non-hydrogen) atoms. The molecule has 0 aromatic rings. The Morgan fingerprint density at radius 3 is 1.75 bits per heavy atom. The lowest BCUT2D eigenvalue weighted by atomic mass is 9.62. The zero-order valence-corrected chi connectivity index (χ0v) is 9.44. The van der Waals surface area contributed by atoms with Crippen LogP contribution in [0.15, 0.2) is 0 Å². The maximum atomic E-state index is 8.87. The predicted molar refractivity (Wildman–Crippen MR) is 54.1 cm³/mol. The summed E-state index contributed by atoms with van der Waals surface area (Å²) in [6, 6.07) is 0. The molecule has 0 spiro atoms. The summed E-state index contributed by atoms with van der Waals surface area (Å²) in [7, 11) is 0. The summed E-state index contributed by atoms with van der Waals surface area (Å²) in [6.45, 7) is 13.9. The van der Waals surface area contributed by atoms with Gasteiger partial charge in [0.25, 0.3) is 0 Å². The SMILES string of the molecule is CC(CCO)C(C)(C)C(C)(C)C. The zero-order valence-electron chi connectivity index (χ0n) is 9.44. The van der Waals surface area contributed by atoms with Crippen molar-refractivity contribution in [1.29, 1.82) is 0 Å². The Bertz CT molecular complexity index is 130. The average molecular weight is 172 g/mol. The Morgan fingerprint density at radius 1 is 1.08 bits per heavy atom. The number of rotatable bonds is 3. The standard InChI is InChI=1S/C11H24O/c1-9(7-8-12)11(5,6)10(2,3)4/h9,12H,7-8H2,1-6H3. The van der Waals surface area contributed by atoms with Gasteiger partial charge in [0.15, 0.2) is 0 Å². The molecule has 0 rings (SSSR count). The van der Waals surface area contributed by atoms with Crippen molar-refractivity contribution in [3.63, 3.8) is 0 Å². The Balaban J connectivity index is 4.38. The first-order valence-electron chi connectivity index (χ1n) is 4.84. The van der Waals surface area contributed by atoms with Crippen LogP contribution in [0.2, 0.25) is 0 Å². The largest absolute Gasteiger partial charge is 0.396 e. The predicted octanol–water partition coefficient (Wildman–Crippen LogP) is 3.08. The van der Waals surface area contributed by atoms with Gasteiger partial charge < -0.3 is 5.11 Å². The van der Waals surface area contributed by atoms with Crippen LogP contribution in [0.3, 0.4) is 0 Å². The molecule has 0 amide bonds. The molecule has 0 aliphatic heterocycles. The highest BCUT2D eigenvalue weighted by Gasteiger charge is 2.36. The third-order valence-corrected chi connectivity index (χ3v) is 3.73. The van der Waals surface area contributed by atoms with Crippen LogP contribution in [0.5, 0.6) is 0 Å². The molecule has 1 nitrogen and oxygen atoms in total. The van der Waals surface area contributed by atoms with Crippen molar-refractivity contribution in [1.82, 2.24) is 0 Å². The van der Waals surface area contributed by atoms with Crippen molar-refractivity contribution in [3.05, 3.63) is 0 Å².